The first kappa shape index (κ1) is 20.0. The van der Waals surface area contributed by atoms with Crippen LogP contribution < -0.4 is 20.3 Å². The predicted octanol–water partition coefficient (Wildman–Crippen LogP) is 0.552. The zero-order chi connectivity index (χ0) is 21.6. The smallest absolute Gasteiger partial charge is 0.253 e. The number of aromatic nitrogens is 6. The van der Waals surface area contributed by atoms with Gasteiger partial charge in [0.15, 0.2) is 11.5 Å². The normalized spacial score (nSPS) is 10.7. The summed E-state index contributed by atoms with van der Waals surface area (Å²) < 4.78 is 13.6. The van der Waals surface area contributed by atoms with Crippen molar-refractivity contribution >= 4 is 11.6 Å². The van der Waals surface area contributed by atoms with Gasteiger partial charge >= 0.3 is 0 Å². The van der Waals surface area contributed by atoms with Gasteiger partial charge in [-0.25, -0.2) is 4.98 Å². The quantitative estimate of drug-likeness (QED) is 0.409. The molecule has 11 nitrogen and oxygen atoms in total. The Morgan fingerprint density at radius 2 is 1.94 bits per heavy atom. The molecule has 0 fully saturated rings. The summed E-state index contributed by atoms with van der Waals surface area (Å²) in [6.45, 7) is 0.343. The second-order valence-corrected chi connectivity index (χ2v) is 6.44. The van der Waals surface area contributed by atoms with Crippen molar-refractivity contribution in [3.05, 3.63) is 65.3 Å². The molecular weight excluding hydrogens is 402 g/mol. The number of nitrogens with one attached hydrogen (secondary N) is 1. The van der Waals surface area contributed by atoms with E-state index in [9.17, 15) is 9.59 Å². The fourth-order valence-electron chi connectivity index (χ4n) is 2.82. The van der Waals surface area contributed by atoms with Crippen LogP contribution in [0.15, 0.2) is 59.8 Å². The van der Waals surface area contributed by atoms with Gasteiger partial charge < -0.3 is 14.8 Å². The van der Waals surface area contributed by atoms with Crippen LogP contribution >= 0.6 is 0 Å². The Kier molecular flexibility index (Phi) is 5.83. The van der Waals surface area contributed by atoms with E-state index in [4.69, 9.17) is 9.47 Å². The van der Waals surface area contributed by atoms with E-state index in [1.54, 1.807) is 23.8 Å². The lowest BCUT2D eigenvalue weighted by Gasteiger charge is -2.08. The molecule has 0 atom stereocenters. The van der Waals surface area contributed by atoms with E-state index in [2.05, 4.69) is 25.6 Å². The van der Waals surface area contributed by atoms with E-state index < -0.39 is 0 Å². The molecule has 1 N–H and O–H groups in total. The van der Waals surface area contributed by atoms with Gasteiger partial charge in [-0.15, -0.1) is 15.3 Å². The van der Waals surface area contributed by atoms with Crippen LogP contribution in [0.3, 0.4) is 0 Å². The van der Waals surface area contributed by atoms with Gasteiger partial charge in [-0.3, -0.25) is 14.2 Å². The van der Waals surface area contributed by atoms with Gasteiger partial charge in [0.2, 0.25) is 11.8 Å². The minimum absolute atomic E-state index is 0.108. The maximum absolute atomic E-state index is 12.0. The second-order valence-electron chi connectivity index (χ2n) is 6.44. The number of hydrogen-bond acceptors (Lipinski definition) is 8. The molecule has 1 amide bonds. The average Bonchev–Trinajstić information content (AvgIpc) is 3.22. The standard InChI is InChI=1S/C20H19N7O4/c1-30-15-4-2-14(3-5-15)20-24-23-16-6-7-18(25-27(16)20)31-11-10-22-17(28)12-26-13-21-9-8-19(26)29/h2-9,13H,10-12H2,1H3,(H,22,28). The molecular formula is C20H19N7O4. The number of hydrogen-bond donors (Lipinski definition) is 1. The molecule has 0 unspecified atom stereocenters. The number of carbonyl (C=O) groups excluding carboxylic acids is 1. The van der Waals surface area contributed by atoms with Crippen molar-refractivity contribution in [1.29, 1.82) is 0 Å². The molecule has 0 aliphatic carbocycles. The van der Waals surface area contributed by atoms with Crippen LogP contribution in [0.2, 0.25) is 0 Å². The zero-order valence-electron chi connectivity index (χ0n) is 16.6. The molecule has 0 aliphatic heterocycles. The molecule has 31 heavy (non-hydrogen) atoms. The molecule has 3 heterocycles. The Bertz CT molecular complexity index is 1250. The van der Waals surface area contributed by atoms with Crippen molar-refractivity contribution in [2.75, 3.05) is 20.3 Å². The van der Waals surface area contributed by atoms with Crippen molar-refractivity contribution in [2.45, 2.75) is 6.54 Å². The molecule has 11 heteroatoms. The van der Waals surface area contributed by atoms with Crippen LogP contribution in [0.1, 0.15) is 0 Å². The first-order valence-corrected chi connectivity index (χ1v) is 9.41. The number of ether oxygens (including phenoxy) is 2. The monoisotopic (exact) mass is 421 g/mol. The summed E-state index contributed by atoms with van der Waals surface area (Å²) in [4.78, 5) is 27.4. The summed E-state index contributed by atoms with van der Waals surface area (Å²) in [7, 11) is 1.61. The highest BCUT2D eigenvalue weighted by molar-refractivity contribution is 5.75. The Balaban J connectivity index is 1.36. The first-order valence-electron chi connectivity index (χ1n) is 9.41. The Morgan fingerprint density at radius 3 is 2.71 bits per heavy atom. The van der Waals surface area contributed by atoms with Gasteiger partial charge in [0.1, 0.15) is 18.9 Å². The molecule has 0 radical (unpaired) electrons. The lowest BCUT2D eigenvalue weighted by molar-refractivity contribution is -0.121. The van der Waals surface area contributed by atoms with Crippen LogP contribution in [-0.2, 0) is 11.3 Å². The van der Waals surface area contributed by atoms with Crippen molar-refractivity contribution < 1.29 is 14.3 Å². The number of rotatable bonds is 8. The van der Waals surface area contributed by atoms with Crippen LogP contribution in [0.25, 0.3) is 17.0 Å². The summed E-state index contributed by atoms with van der Waals surface area (Å²) in [6, 6.07) is 12.1. The van der Waals surface area contributed by atoms with Crippen molar-refractivity contribution in [1.82, 2.24) is 34.7 Å². The van der Waals surface area contributed by atoms with Gasteiger partial charge in [0, 0.05) is 23.9 Å². The zero-order valence-corrected chi connectivity index (χ0v) is 16.6. The summed E-state index contributed by atoms with van der Waals surface area (Å²) in [6.07, 6.45) is 2.70. The highest BCUT2D eigenvalue weighted by Crippen LogP contribution is 2.21. The van der Waals surface area contributed by atoms with Crippen LogP contribution in [0.4, 0.5) is 0 Å². The van der Waals surface area contributed by atoms with Gasteiger partial charge in [-0.2, -0.15) is 4.52 Å². The number of benzene rings is 1. The minimum Gasteiger partial charge on any atom is -0.497 e. The van der Waals surface area contributed by atoms with E-state index in [1.165, 1.54) is 23.2 Å². The molecule has 1 aromatic carbocycles. The Labute approximate surface area is 176 Å². The van der Waals surface area contributed by atoms with E-state index in [0.29, 0.717) is 17.4 Å². The SMILES string of the molecule is COc1ccc(-c2nnc3ccc(OCCNC(=O)Cn4cnccc4=O)nn23)cc1. The average molecular weight is 421 g/mol. The van der Waals surface area contributed by atoms with Crippen molar-refractivity contribution in [2.24, 2.45) is 0 Å². The maximum atomic E-state index is 12.0. The largest absolute Gasteiger partial charge is 0.497 e. The molecule has 4 aromatic rings. The van der Waals surface area contributed by atoms with Crippen LogP contribution in [-0.4, -0.2) is 55.5 Å². The van der Waals surface area contributed by atoms with Crippen LogP contribution in [0, 0.1) is 0 Å². The van der Waals surface area contributed by atoms with Gasteiger partial charge in [0.05, 0.1) is 20.0 Å². The Hall–Kier alpha value is -4.28. The van der Waals surface area contributed by atoms with E-state index in [1.807, 2.05) is 24.3 Å². The van der Waals surface area contributed by atoms with Gasteiger partial charge in [0.25, 0.3) is 5.56 Å². The highest BCUT2D eigenvalue weighted by Gasteiger charge is 2.11. The molecule has 3 aromatic heterocycles. The second kappa shape index (κ2) is 9.03. The van der Waals surface area contributed by atoms with E-state index >= 15 is 0 Å². The fraction of sp³-hybridized carbons (Fsp3) is 0.200. The molecule has 4 rings (SSSR count). The molecule has 158 valence electrons. The number of amides is 1. The topological polar surface area (TPSA) is 126 Å². The molecule has 0 saturated carbocycles. The first-order chi connectivity index (χ1) is 15.1. The molecule has 0 bridgehead atoms. The number of carbonyl (C=O) groups is 1. The van der Waals surface area contributed by atoms with Crippen molar-refractivity contribution in [3.63, 3.8) is 0 Å². The minimum atomic E-state index is -0.317. The third-order valence-electron chi connectivity index (χ3n) is 4.37. The molecule has 0 spiro atoms. The van der Waals surface area contributed by atoms with Crippen LogP contribution in [0.5, 0.6) is 11.6 Å². The number of nitrogens with zero attached hydrogens (tertiary/aromatic N) is 6. The van der Waals surface area contributed by atoms with E-state index in [-0.39, 0.29) is 31.2 Å². The Morgan fingerprint density at radius 1 is 1.10 bits per heavy atom. The predicted molar refractivity (Wildman–Crippen MR) is 110 cm³/mol. The number of fused-ring (bicyclic) bond motifs is 1. The summed E-state index contributed by atoms with van der Waals surface area (Å²) in [5.74, 6) is 1.35. The van der Waals surface area contributed by atoms with Gasteiger partial charge in [-0.1, -0.05) is 0 Å². The lowest BCUT2D eigenvalue weighted by atomic mass is 10.2. The fourth-order valence-corrected chi connectivity index (χ4v) is 2.82. The molecule has 0 aliphatic rings. The lowest BCUT2D eigenvalue weighted by Crippen LogP contribution is -2.34. The maximum Gasteiger partial charge on any atom is 0.253 e. The third-order valence-corrected chi connectivity index (χ3v) is 4.37. The summed E-state index contributed by atoms with van der Waals surface area (Å²) in [5.41, 5.74) is 1.12. The summed E-state index contributed by atoms with van der Waals surface area (Å²) in [5, 5.41) is 15.4. The number of methoxy groups -OCH3 is 1. The molecule has 0 saturated heterocycles. The highest BCUT2D eigenvalue weighted by atomic mass is 16.5. The third kappa shape index (κ3) is 4.66. The van der Waals surface area contributed by atoms with E-state index in [0.717, 1.165) is 11.3 Å². The van der Waals surface area contributed by atoms with Crippen molar-refractivity contribution in [3.8, 4) is 23.0 Å². The van der Waals surface area contributed by atoms with Gasteiger partial charge in [-0.05, 0) is 30.3 Å². The summed E-state index contributed by atoms with van der Waals surface area (Å²) >= 11 is 0.